The van der Waals surface area contributed by atoms with Gasteiger partial charge >= 0.3 is 0 Å². The van der Waals surface area contributed by atoms with Crippen LogP contribution in [0.2, 0.25) is 5.02 Å². The van der Waals surface area contributed by atoms with Gasteiger partial charge in [-0.1, -0.05) is 69.5 Å². The van der Waals surface area contributed by atoms with Crippen molar-refractivity contribution in [3.8, 4) is 0 Å². The number of halogens is 2. The first-order valence-electron chi connectivity index (χ1n) is 11.4. The van der Waals surface area contributed by atoms with Gasteiger partial charge in [0.05, 0.1) is 23.6 Å². The summed E-state index contributed by atoms with van der Waals surface area (Å²) in [4.78, 5) is 44.8. The third kappa shape index (κ3) is 3.39. The average molecular weight is 548 g/mol. The number of carbonyl (C=O) groups is 3. The first kappa shape index (κ1) is 22.3. The summed E-state index contributed by atoms with van der Waals surface area (Å²) in [5, 5.41) is 0.583. The highest BCUT2D eigenvalue weighted by Gasteiger charge is 2.64. The van der Waals surface area contributed by atoms with Crippen LogP contribution in [0.15, 0.2) is 77.3 Å². The topological polar surface area (TPSA) is 57.7 Å². The van der Waals surface area contributed by atoms with Crippen LogP contribution in [-0.4, -0.2) is 29.7 Å². The summed E-state index contributed by atoms with van der Waals surface area (Å²) >= 11 is 9.64. The molecular weight excluding hydrogens is 528 g/mol. The summed E-state index contributed by atoms with van der Waals surface area (Å²) in [6, 6.07) is 18.7. The van der Waals surface area contributed by atoms with Gasteiger partial charge in [-0.3, -0.25) is 14.4 Å². The number of benzene rings is 3. The molecule has 35 heavy (non-hydrogen) atoms. The van der Waals surface area contributed by atoms with Gasteiger partial charge in [-0.25, -0.2) is 4.90 Å². The van der Waals surface area contributed by atoms with Gasteiger partial charge in [0.15, 0.2) is 5.78 Å². The highest BCUT2D eigenvalue weighted by Crippen LogP contribution is 2.50. The van der Waals surface area contributed by atoms with Crippen LogP contribution in [-0.2, 0) is 9.59 Å². The number of hydrogen-bond acceptors (Lipinski definition) is 4. The second kappa shape index (κ2) is 8.18. The van der Waals surface area contributed by atoms with Gasteiger partial charge in [-0.15, -0.1) is 0 Å². The lowest BCUT2D eigenvalue weighted by molar-refractivity contribution is -0.122. The Bertz CT molecular complexity index is 1420. The van der Waals surface area contributed by atoms with E-state index in [9.17, 15) is 14.4 Å². The Morgan fingerprint density at radius 1 is 0.914 bits per heavy atom. The number of fused-ring (bicyclic) bond motifs is 5. The third-order valence-electron chi connectivity index (χ3n) is 7.16. The molecule has 0 aliphatic carbocycles. The van der Waals surface area contributed by atoms with E-state index in [1.54, 1.807) is 42.5 Å². The van der Waals surface area contributed by atoms with E-state index in [2.05, 4.69) is 15.9 Å². The summed E-state index contributed by atoms with van der Waals surface area (Å²) < 4.78 is 0.856. The quantitative estimate of drug-likeness (QED) is 0.313. The molecule has 0 bridgehead atoms. The fraction of sp³-hybridized carbons (Fsp3) is 0.179. The molecule has 7 heteroatoms. The van der Waals surface area contributed by atoms with E-state index in [4.69, 9.17) is 11.6 Å². The van der Waals surface area contributed by atoms with Gasteiger partial charge in [0, 0.05) is 20.7 Å². The van der Waals surface area contributed by atoms with Crippen molar-refractivity contribution in [2.75, 3.05) is 9.80 Å². The van der Waals surface area contributed by atoms with Crippen LogP contribution < -0.4 is 9.80 Å². The van der Waals surface area contributed by atoms with E-state index in [1.807, 2.05) is 48.2 Å². The van der Waals surface area contributed by atoms with Gasteiger partial charge in [0.1, 0.15) is 6.04 Å². The largest absolute Gasteiger partial charge is 0.352 e. The number of nitrogens with zero attached hydrogens (tertiary/aromatic N) is 2. The van der Waals surface area contributed by atoms with Crippen LogP contribution in [0, 0.1) is 18.8 Å². The summed E-state index contributed by atoms with van der Waals surface area (Å²) in [5.41, 5.74) is 3.73. The maximum Gasteiger partial charge on any atom is 0.240 e. The molecule has 2 saturated heterocycles. The predicted octanol–water partition coefficient (Wildman–Crippen LogP) is 5.68. The number of rotatable bonds is 3. The number of aryl methyl sites for hydroxylation is 1. The van der Waals surface area contributed by atoms with E-state index in [0.29, 0.717) is 16.3 Å². The molecule has 0 aromatic heterocycles. The van der Waals surface area contributed by atoms with Crippen molar-refractivity contribution in [3.05, 3.63) is 99.0 Å². The molecule has 0 N–H and O–H groups in total. The van der Waals surface area contributed by atoms with E-state index >= 15 is 0 Å². The molecule has 174 valence electrons. The Kier molecular flexibility index (Phi) is 5.20. The Morgan fingerprint density at radius 2 is 1.60 bits per heavy atom. The molecule has 3 heterocycles. The first-order chi connectivity index (χ1) is 16.8. The minimum absolute atomic E-state index is 0.182. The van der Waals surface area contributed by atoms with Gasteiger partial charge in [-0.05, 0) is 55.0 Å². The van der Waals surface area contributed by atoms with E-state index in [-0.39, 0.29) is 17.6 Å². The van der Waals surface area contributed by atoms with E-state index in [1.165, 1.54) is 4.90 Å². The van der Waals surface area contributed by atoms with Crippen molar-refractivity contribution in [1.82, 2.24) is 0 Å². The minimum atomic E-state index is -0.817. The van der Waals surface area contributed by atoms with Gasteiger partial charge < -0.3 is 4.90 Å². The zero-order valence-corrected chi connectivity index (χ0v) is 21.0. The number of ketones is 1. The standard InChI is InChI=1S/C28H20BrClN2O3/c1-15-2-10-20(11-3-15)31-27(34)23-22-12-6-17-14-19(30)9-13-21(17)32(22)25(24(23)28(31)35)26(33)16-4-7-18(29)8-5-16/h2-14,22-25H,1H3/t22-,23+,24+,25+/m1/s1. The lowest BCUT2D eigenvalue weighted by Crippen LogP contribution is -2.48. The second-order valence-corrected chi connectivity index (χ2v) is 10.5. The summed E-state index contributed by atoms with van der Waals surface area (Å²) in [5.74, 6) is -2.24. The van der Waals surface area contributed by atoms with Gasteiger partial charge in [0.2, 0.25) is 11.8 Å². The van der Waals surface area contributed by atoms with Crippen molar-refractivity contribution in [1.29, 1.82) is 0 Å². The zero-order chi connectivity index (χ0) is 24.4. The van der Waals surface area contributed by atoms with Crippen LogP contribution >= 0.6 is 27.5 Å². The smallest absolute Gasteiger partial charge is 0.240 e. The van der Waals surface area contributed by atoms with Crippen molar-refractivity contribution >= 4 is 62.6 Å². The highest BCUT2D eigenvalue weighted by atomic mass is 79.9. The molecular formula is C28H20BrClN2O3. The molecule has 4 atom stereocenters. The molecule has 3 aliphatic rings. The number of carbonyl (C=O) groups excluding carboxylic acids is 3. The maximum atomic E-state index is 14.0. The fourth-order valence-electron chi connectivity index (χ4n) is 5.58. The number of Topliss-reactive ketones (excluding diaryl/α,β-unsaturated/α-hetero) is 1. The van der Waals surface area contributed by atoms with Crippen LogP contribution in [0.4, 0.5) is 11.4 Å². The number of amides is 2. The van der Waals surface area contributed by atoms with Crippen molar-refractivity contribution in [2.45, 2.75) is 19.0 Å². The summed E-state index contributed by atoms with van der Waals surface area (Å²) in [7, 11) is 0. The highest BCUT2D eigenvalue weighted by molar-refractivity contribution is 9.10. The van der Waals surface area contributed by atoms with Crippen LogP contribution in [0.3, 0.4) is 0 Å². The second-order valence-electron chi connectivity index (χ2n) is 9.18. The van der Waals surface area contributed by atoms with Gasteiger partial charge in [0.25, 0.3) is 0 Å². The van der Waals surface area contributed by atoms with Crippen LogP contribution in [0.25, 0.3) is 6.08 Å². The number of hydrogen-bond donors (Lipinski definition) is 0. The van der Waals surface area contributed by atoms with Gasteiger partial charge in [-0.2, -0.15) is 0 Å². The van der Waals surface area contributed by atoms with Crippen molar-refractivity contribution in [3.63, 3.8) is 0 Å². The van der Waals surface area contributed by atoms with Crippen molar-refractivity contribution < 1.29 is 14.4 Å². The molecule has 0 spiro atoms. The lowest BCUT2D eigenvalue weighted by atomic mass is 9.86. The van der Waals surface area contributed by atoms with Crippen LogP contribution in [0.1, 0.15) is 21.5 Å². The van der Waals surface area contributed by atoms with Crippen molar-refractivity contribution in [2.24, 2.45) is 11.8 Å². The SMILES string of the molecule is Cc1ccc(N2C(=O)[C@@H]3[C@H](C2=O)[C@@H](C(=O)c2ccc(Br)cc2)N2c4ccc(Cl)cc4C=C[C@H]32)cc1. The number of anilines is 2. The zero-order valence-electron chi connectivity index (χ0n) is 18.7. The molecule has 0 saturated carbocycles. The first-order valence-corrected chi connectivity index (χ1v) is 12.5. The van der Waals surface area contributed by atoms with Crippen LogP contribution in [0.5, 0.6) is 0 Å². The predicted molar refractivity (Wildman–Crippen MR) is 140 cm³/mol. The third-order valence-corrected chi connectivity index (χ3v) is 7.92. The molecule has 3 aromatic carbocycles. The minimum Gasteiger partial charge on any atom is -0.352 e. The molecule has 6 rings (SSSR count). The molecule has 2 amide bonds. The Balaban J connectivity index is 1.49. The number of imide groups is 1. The normalized spacial score (nSPS) is 24.4. The Labute approximate surface area is 216 Å². The molecule has 3 aromatic rings. The Hall–Kier alpha value is -3.22. The average Bonchev–Trinajstić information content (AvgIpc) is 3.32. The molecule has 5 nitrogen and oxygen atoms in total. The van der Waals surface area contributed by atoms with E-state index < -0.39 is 23.9 Å². The maximum absolute atomic E-state index is 14.0. The monoisotopic (exact) mass is 546 g/mol. The fourth-order valence-corrected chi connectivity index (χ4v) is 6.02. The summed E-state index contributed by atoms with van der Waals surface area (Å²) in [6.45, 7) is 1.95. The molecule has 2 fully saturated rings. The molecule has 3 aliphatic heterocycles. The lowest BCUT2D eigenvalue weighted by Gasteiger charge is -2.36. The molecule has 0 unspecified atom stereocenters. The summed E-state index contributed by atoms with van der Waals surface area (Å²) in [6.07, 6.45) is 3.85. The Morgan fingerprint density at radius 3 is 2.31 bits per heavy atom. The van der Waals surface area contributed by atoms with E-state index in [0.717, 1.165) is 21.3 Å². The molecule has 0 radical (unpaired) electrons.